The van der Waals surface area contributed by atoms with Crippen LogP contribution in [0.25, 0.3) is 0 Å². The van der Waals surface area contributed by atoms with Crippen molar-refractivity contribution in [1.29, 1.82) is 0 Å². The second-order valence-electron chi connectivity index (χ2n) is 6.72. The number of amides is 3. The Kier molecular flexibility index (Phi) is 5.44. The van der Waals surface area contributed by atoms with Gasteiger partial charge in [0.25, 0.3) is 5.91 Å². The van der Waals surface area contributed by atoms with Gasteiger partial charge in [-0.05, 0) is 48.7 Å². The number of hydrogen-bond donors (Lipinski definition) is 3. The molecule has 1 aliphatic heterocycles. The number of furan rings is 1. The molecule has 2 heterocycles. The van der Waals surface area contributed by atoms with E-state index in [1.54, 1.807) is 36.4 Å². The molecule has 0 bridgehead atoms. The minimum atomic E-state index is -0.879. The lowest BCUT2D eigenvalue weighted by molar-refractivity contribution is -0.143. The fraction of sp³-hybridized carbons (Fsp3) is 0.316. The van der Waals surface area contributed by atoms with Crippen LogP contribution in [0.2, 0.25) is 0 Å². The van der Waals surface area contributed by atoms with Crippen LogP contribution >= 0.6 is 0 Å². The predicted octanol–water partition coefficient (Wildman–Crippen LogP) is 3.11. The van der Waals surface area contributed by atoms with Gasteiger partial charge < -0.3 is 25.1 Å². The van der Waals surface area contributed by atoms with Crippen molar-refractivity contribution in [3.05, 3.63) is 48.4 Å². The van der Waals surface area contributed by atoms with E-state index in [-0.39, 0.29) is 30.2 Å². The van der Waals surface area contributed by atoms with E-state index in [1.807, 2.05) is 6.92 Å². The van der Waals surface area contributed by atoms with Crippen LogP contribution in [0.3, 0.4) is 0 Å². The van der Waals surface area contributed by atoms with Gasteiger partial charge in [-0.25, -0.2) is 4.79 Å². The number of aliphatic carboxylic acids is 1. The van der Waals surface area contributed by atoms with E-state index in [0.29, 0.717) is 24.3 Å². The number of rotatable bonds is 4. The number of piperidine rings is 1. The summed E-state index contributed by atoms with van der Waals surface area (Å²) in [5.41, 5.74) is 1.12. The third-order valence-corrected chi connectivity index (χ3v) is 4.44. The molecular formula is C19H21N3O5. The van der Waals surface area contributed by atoms with Crippen LogP contribution < -0.4 is 10.6 Å². The summed E-state index contributed by atoms with van der Waals surface area (Å²) in [5, 5.41) is 14.7. The molecule has 142 valence electrons. The standard InChI is InChI=1S/C19H21N3O5/c1-12-9-13(18(24)25)11-22(10-12)19(26)21-15-6-4-14(5-7-15)20-17(23)16-3-2-8-27-16/h2-8,12-13H,9-11H2,1H3,(H,20,23)(H,21,26)(H,24,25). The summed E-state index contributed by atoms with van der Waals surface area (Å²) < 4.78 is 5.03. The van der Waals surface area contributed by atoms with Gasteiger partial charge in [0.15, 0.2) is 5.76 Å². The maximum Gasteiger partial charge on any atom is 0.321 e. The minimum absolute atomic E-state index is 0.129. The minimum Gasteiger partial charge on any atom is -0.481 e. The van der Waals surface area contributed by atoms with Crippen molar-refractivity contribution in [2.45, 2.75) is 13.3 Å². The van der Waals surface area contributed by atoms with Crippen LogP contribution in [-0.4, -0.2) is 41.0 Å². The van der Waals surface area contributed by atoms with Gasteiger partial charge in [0.1, 0.15) is 0 Å². The number of nitrogens with one attached hydrogen (secondary N) is 2. The lowest BCUT2D eigenvalue weighted by Crippen LogP contribution is -2.47. The third-order valence-electron chi connectivity index (χ3n) is 4.44. The van der Waals surface area contributed by atoms with E-state index in [2.05, 4.69) is 10.6 Å². The van der Waals surface area contributed by atoms with Gasteiger partial charge >= 0.3 is 12.0 Å². The maximum absolute atomic E-state index is 12.4. The number of hydrogen-bond acceptors (Lipinski definition) is 4. The molecule has 3 amide bonds. The lowest BCUT2D eigenvalue weighted by atomic mass is 9.91. The maximum atomic E-state index is 12.4. The first-order valence-electron chi connectivity index (χ1n) is 8.66. The van der Waals surface area contributed by atoms with Crippen molar-refractivity contribution in [1.82, 2.24) is 4.90 Å². The Hall–Kier alpha value is -3.29. The first kappa shape index (κ1) is 18.5. The number of carbonyl (C=O) groups excluding carboxylic acids is 2. The summed E-state index contributed by atoms with van der Waals surface area (Å²) in [6, 6.07) is 9.51. The van der Waals surface area contributed by atoms with E-state index in [1.165, 1.54) is 11.2 Å². The number of carbonyl (C=O) groups is 3. The Labute approximate surface area is 156 Å². The molecule has 1 aromatic heterocycles. The molecule has 1 aliphatic rings. The molecule has 0 radical (unpaired) electrons. The van der Waals surface area contributed by atoms with Crippen LogP contribution in [0, 0.1) is 11.8 Å². The highest BCUT2D eigenvalue weighted by Crippen LogP contribution is 2.23. The van der Waals surface area contributed by atoms with E-state index in [0.717, 1.165) is 0 Å². The number of likely N-dealkylation sites (tertiary alicyclic amines) is 1. The Morgan fingerprint density at radius 2 is 1.74 bits per heavy atom. The fourth-order valence-corrected chi connectivity index (χ4v) is 3.14. The van der Waals surface area contributed by atoms with Crippen LogP contribution in [0.4, 0.5) is 16.2 Å². The molecule has 0 spiro atoms. The van der Waals surface area contributed by atoms with Crippen LogP contribution in [0.1, 0.15) is 23.9 Å². The first-order chi connectivity index (χ1) is 12.9. The van der Waals surface area contributed by atoms with Gasteiger partial charge in [0, 0.05) is 24.5 Å². The first-order valence-corrected chi connectivity index (χ1v) is 8.66. The van der Waals surface area contributed by atoms with Crippen molar-refractivity contribution >= 4 is 29.3 Å². The molecule has 8 heteroatoms. The van der Waals surface area contributed by atoms with E-state index in [4.69, 9.17) is 4.42 Å². The quantitative estimate of drug-likeness (QED) is 0.764. The lowest BCUT2D eigenvalue weighted by Gasteiger charge is -2.34. The van der Waals surface area contributed by atoms with Crippen molar-refractivity contribution in [3.8, 4) is 0 Å². The second-order valence-corrected chi connectivity index (χ2v) is 6.72. The molecule has 2 aromatic rings. The topological polar surface area (TPSA) is 112 Å². The van der Waals surface area contributed by atoms with E-state index >= 15 is 0 Å². The van der Waals surface area contributed by atoms with Gasteiger partial charge in [-0.2, -0.15) is 0 Å². The van der Waals surface area contributed by atoms with E-state index < -0.39 is 11.9 Å². The summed E-state index contributed by atoms with van der Waals surface area (Å²) in [7, 11) is 0. The molecular weight excluding hydrogens is 350 g/mol. The average molecular weight is 371 g/mol. The Bertz CT molecular complexity index is 816. The number of anilines is 2. The molecule has 3 rings (SSSR count). The van der Waals surface area contributed by atoms with Crippen molar-refractivity contribution in [3.63, 3.8) is 0 Å². The van der Waals surface area contributed by atoms with E-state index in [9.17, 15) is 19.5 Å². The monoisotopic (exact) mass is 371 g/mol. The van der Waals surface area contributed by atoms with Crippen molar-refractivity contribution < 1.29 is 23.9 Å². The Balaban J connectivity index is 1.58. The number of nitrogens with zero attached hydrogens (tertiary/aromatic N) is 1. The van der Waals surface area contributed by atoms with Crippen molar-refractivity contribution in [2.24, 2.45) is 11.8 Å². The fourth-order valence-electron chi connectivity index (χ4n) is 3.14. The summed E-state index contributed by atoms with van der Waals surface area (Å²) in [5.74, 6) is -1.45. The Morgan fingerprint density at radius 3 is 2.33 bits per heavy atom. The molecule has 0 aliphatic carbocycles. The molecule has 27 heavy (non-hydrogen) atoms. The number of benzene rings is 1. The van der Waals surface area contributed by atoms with Gasteiger partial charge in [0.05, 0.1) is 12.2 Å². The number of carboxylic acid groups (broad SMARTS) is 1. The van der Waals surface area contributed by atoms with Gasteiger partial charge in [0.2, 0.25) is 0 Å². The highest BCUT2D eigenvalue weighted by atomic mass is 16.4. The number of carboxylic acids is 1. The average Bonchev–Trinajstić information content (AvgIpc) is 3.17. The van der Waals surface area contributed by atoms with Gasteiger partial charge in [-0.1, -0.05) is 6.92 Å². The molecule has 2 unspecified atom stereocenters. The van der Waals surface area contributed by atoms with Crippen LogP contribution in [-0.2, 0) is 4.79 Å². The third kappa shape index (κ3) is 4.66. The van der Waals surface area contributed by atoms with Gasteiger partial charge in [-0.3, -0.25) is 9.59 Å². The smallest absolute Gasteiger partial charge is 0.321 e. The molecule has 1 aromatic carbocycles. The molecule has 8 nitrogen and oxygen atoms in total. The van der Waals surface area contributed by atoms with Crippen LogP contribution in [0.5, 0.6) is 0 Å². The zero-order valence-corrected chi connectivity index (χ0v) is 14.8. The Morgan fingerprint density at radius 1 is 1.07 bits per heavy atom. The normalized spacial score (nSPS) is 19.4. The van der Waals surface area contributed by atoms with Crippen LogP contribution in [0.15, 0.2) is 47.1 Å². The molecule has 2 atom stereocenters. The number of urea groups is 1. The summed E-state index contributed by atoms with van der Waals surface area (Å²) >= 11 is 0. The molecule has 1 fully saturated rings. The summed E-state index contributed by atoms with van der Waals surface area (Å²) in [6.45, 7) is 2.65. The predicted molar refractivity (Wildman–Crippen MR) is 98.6 cm³/mol. The van der Waals surface area contributed by atoms with Crippen molar-refractivity contribution in [2.75, 3.05) is 23.7 Å². The highest BCUT2D eigenvalue weighted by molar-refractivity contribution is 6.02. The zero-order chi connectivity index (χ0) is 19.4. The summed E-state index contributed by atoms with van der Waals surface area (Å²) in [4.78, 5) is 37.1. The largest absolute Gasteiger partial charge is 0.481 e. The zero-order valence-electron chi connectivity index (χ0n) is 14.8. The van der Waals surface area contributed by atoms with Gasteiger partial charge in [-0.15, -0.1) is 0 Å². The second kappa shape index (κ2) is 7.94. The highest BCUT2D eigenvalue weighted by Gasteiger charge is 2.31. The summed E-state index contributed by atoms with van der Waals surface area (Å²) in [6.07, 6.45) is 1.99. The molecule has 3 N–H and O–H groups in total. The molecule has 0 saturated carbocycles. The molecule has 1 saturated heterocycles. The SMILES string of the molecule is CC1CC(C(=O)O)CN(C(=O)Nc2ccc(NC(=O)c3ccco3)cc2)C1.